The zero-order chi connectivity index (χ0) is 13.8. The lowest BCUT2D eigenvalue weighted by Crippen LogP contribution is -2.49. The second kappa shape index (κ2) is 5.61. The molecule has 1 aromatic rings. The molecule has 18 heavy (non-hydrogen) atoms. The zero-order valence-electron chi connectivity index (χ0n) is 9.87. The number of aliphatic hydroxyl groups is 3. The monoisotopic (exact) mass is 276 g/mol. The van der Waals surface area contributed by atoms with E-state index in [4.69, 9.17) is 0 Å². The molecule has 8 heteroatoms. The number of aromatic nitrogens is 1. The Balaban J connectivity index is 3.19. The number of hydrogen-bond acceptors (Lipinski definition) is 7. The van der Waals surface area contributed by atoms with Crippen molar-refractivity contribution in [2.45, 2.75) is 10.4 Å². The Morgan fingerprint density at radius 3 is 2.28 bits per heavy atom. The van der Waals surface area contributed by atoms with Crippen molar-refractivity contribution < 1.29 is 23.7 Å². The molecule has 0 saturated carbocycles. The van der Waals surface area contributed by atoms with Crippen LogP contribution in [0.5, 0.6) is 0 Å². The molecule has 0 bridgehead atoms. The van der Waals surface area contributed by atoms with Crippen LogP contribution in [0.25, 0.3) is 0 Å². The van der Waals surface area contributed by atoms with Gasteiger partial charge < -0.3 is 20.6 Å². The Morgan fingerprint density at radius 1 is 1.28 bits per heavy atom. The van der Waals surface area contributed by atoms with Crippen LogP contribution in [0.2, 0.25) is 0 Å². The minimum atomic E-state index is -3.50. The van der Waals surface area contributed by atoms with E-state index >= 15 is 0 Å². The summed E-state index contributed by atoms with van der Waals surface area (Å²) in [5, 5.41) is 30.1. The van der Waals surface area contributed by atoms with Gasteiger partial charge in [0.1, 0.15) is 16.3 Å². The molecular formula is C10H16N2O5S. The summed E-state index contributed by atoms with van der Waals surface area (Å²) in [5.41, 5.74) is -1.42. The summed E-state index contributed by atoms with van der Waals surface area (Å²) in [4.78, 5) is 3.79. The number of anilines is 1. The summed E-state index contributed by atoms with van der Waals surface area (Å²) >= 11 is 0. The Kier molecular flexibility index (Phi) is 4.63. The molecule has 7 nitrogen and oxygen atoms in total. The molecule has 0 amide bonds. The molecule has 0 spiro atoms. The number of nitrogens with one attached hydrogen (secondary N) is 1. The summed E-state index contributed by atoms with van der Waals surface area (Å²) in [6, 6.07) is 2.81. The molecule has 0 aliphatic carbocycles. The van der Waals surface area contributed by atoms with Gasteiger partial charge >= 0.3 is 0 Å². The molecule has 0 saturated heterocycles. The van der Waals surface area contributed by atoms with E-state index in [1.54, 1.807) is 0 Å². The Morgan fingerprint density at radius 2 is 1.83 bits per heavy atom. The van der Waals surface area contributed by atoms with Gasteiger partial charge in [-0.1, -0.05) is 0 Å². The van der Waals surface area contributed by atoms with E-state index in [1.165, 1.54) is 18.3 Å². The molecule has 0 atom stereocenters. The van der Waals surface area contributed by atoms with Crippen molar-refractivity contribution in [2.24, 2.45) is 0 Å². The second-order valence-corrected chi connectivity index (χ2v) is 5.99. The highest BCUT2D eigenvalue weighted by atomic mass is 32.2. The van der Waals surface area contributed by atoms with Gasteiger partial charge in [-0.25, -0.2) is 13.4 Å². The van der Waals surface area contributed by atoms with E-state index in [0.29, 0.717) is 0 Å². The van der Waals surface area contributed by atoms with Crippen molar-refractivity contribution in [3.05, 3.63) is 18.3 Å². The molecule has 1 aromatic heterocycles. The van der Waals surface area contributed by atoms with E-state index in [-0.39, 0.29) is 10.7 Å². The maximum Gasteiger partial charge on any atom is 0.179 e. The van der Waals surface area contributed by atoms with Crippen LogP contribution < -0.4 is 5.32 Å². The van der Waals surface area contributed by atoms with Crippen LogP contribution in [0.15, 0.2) is 23.2 Å². The summed E-state index contributed by atoms with van der Waals surface area (Å²) in [5.74, 6) is -0.0165. The lowest BCUT2D eigenvalue weighted by molar-refractivity contribution is 0.0829. The van der Waals surface area contributed by atoms with Gasteiger partial charge in [0.15, 0.2) is 9.84 Å². The van der Waals surface area contributed by atoms with Gasteiger partial charge in [0.05, 0.1) is 19.8 Å². The predicted molar refractivity (Wildman–Crippen MR) is 65.0 cm³/mol. The van der Waals surface area contributed by atoms with Gasteiger partial charge in [-0.15, -0.1) is 0 Å². The summed E-state index contributed by atoms with van der Waals surface area (Å²) in [6.07, 6.45) is 2.39. The van der Waals surface area contributed by atoms with E-state index in [9.17, 15) is 23.7 Å². The van der Waals surface area contributed by atoms with Crippen LogP contribution in [0, 0.1) is 0 Å². The fourth-order valence-electron chi connectivity index (χ4n) is 1.30. The molecular weight excluding hydrogens is 260 g/mol. The fourth-order valence-corrected chi connectivity index (χ4v) is 2.08. The third-order valence-corrected chi connectivity index (χ3v) is 3.59. The maximum absolute atomic E-state index is 11.5. The Bertz CT molecular complexity index is 490. The van der Waals surface area contributed by atoms with Crippen molar-refractivity contribution in [3.63, 3.8) is 0 Å². The Hall–Kier alpha value is -1.22. The number of aliphatic hydroxyl groups excluding tert-OH is 3. The van der Waals surface area contributed by atoms with Gasteiger partial charge in [0, 0.05) is 12.5 Å². The van der Waals surface area contributed by atoms with Gasteiger partial charge in [-0.2, -0.15) is 0 Å². The summed E-state index contributed by atoms with van der Waals surface area (Å²) < 4.78 is 23.1. The van der Waals surface area contributed by atoms with E-state index in [0.717, 1.165) is 6.26 Å². The first-order chi connectivity index (χ1) is 8.38. The molecule has 0 aromatic carbocycles. The zero-order valence-corrected chi connectivity index (χ0v) is 10.7. The molecule has 102 valence electrons. The third kappa shape index (κ3) is 3.16. The SMILES string of the molecule is CS(=O)(=O)c1cccnc1NC(CO)(CO)CO. The molecule has 0 unspecified atom stereocenters. The van der Waals surface area contributed by atoms with Crippen LogP contribution in [0.3, 0.4) is 0 Å². The average Bonchev–Trinajstić information content (AvgIpc) is 2.35. The van der Waals surface area contributed by atoms with Crippen LogP contribution in [-0.2, 0) is 9.84 Å². The molecule has 0 aliphatic heterocycles. The van der Waals surface area contributed by atoms with Crippen LogP contribution in [-0.4, -0.2) is 60.3 Å². The van der Waals surface area contributed by atoms with Crippen molar-refractivity contribution in [1.82, 2.24) is 4.98 Å². The largest absolute Gasteiger partial charge is 0.394 e. The average molecular weight is 276 g/mol. The maximum atomic E-state index is 11.5. The molecule has 0 radical (unpaired) electrons. The first-order valence-corrected chi connectivity index (χ1v) is 7.03. The van der Waals surface area contributed by atoms with Crippen molar-refractivity contribution in [1.29, 1.82) is 0 Å². The number of nitrogens with zero attached hydrogens (tertiary/aromatic N) is 1. The van der Waals surface area contributed by atoms with Gasteiger partial charge in [0.2, 0.25) is 0 Å². The standard InChI is InChI=1S/C10H16N2O5S/c1-18(16,17)8-3-2-4-11-9(8)12-10(5-13,6-14)7-15/h2-4,13-15H,5-7H2,1H3,(H,11,12). The van der Waals surface area contributed by atoms with E-state index in [2.05, 4.69) is 10.3 Å². The smallest absolute Gasteiger partial charge is 0.179 e. The molecule has 1 rings (SSSR count). The molecule has 4 N–H and O–H groups in total. The van der Waals surface area contributed by atoms with Crippen LogP contribution in [0.1, 0.15) is 0 Å². The number of sulfone groups is 1. The van der Waals surface area contributed by atoms with Crippen LogP contribution in [0.4, 0.5) is 5.82 Å². The quantitative estimate of drug-likeness (QED) is 0.505. The predicted octanol–water partition coefficient (Wildman–Crippen LogP) is -1.39. The molecule has 0 fully saturated rings. The third-order valence-electron chi connectivity index (χ3n) is 2.46. The summed E-state index contributed by atoms with van der Waals surface area (Å²) in [7, 11) is -3.50. The molecule has 0 aliphatic rings. The molecule has 1 heterocycles. The van der Waals surface area contributed by atoms with Crippen molar-refractivity contribution in [3.8, 4) is 0 Å². The topological polar surface area (TPSA) is 120 Å². The highest BCUT2D eigenvalue weighted by Crippen LogP contribution is 2.21. The van der Waals surface area contributed by atoms with Crippen molar-refractivity contribution in [2.75, 3.05) is 31.4 Å². The second-order valence-electron chi connectivity index (χ2n) is 4.00. The van der Waals surface area contributed by atoms with Gasteiger partial charge in [-0.3, -0.25) is 0 Å². The van der Waals surface area contributed by atoms with Crippen LogP contribution >= 0.6 is 0 Å². The fraction of sp³-hybridized carbons (Fsp3) is 0.500. The highest BCUT2D eigenvalue weighted by molar-refractivity contribution is 7.90. The first kappa shape index (κ1) is 14.8. The number of hydrogen-bond donors (Lipinski definition) is 4. The number of rotatable bonds is 6. The first-order valence-electron chi connectivity index (χ1n) is 5.14. The minimum Gasteiger partial charge on any atom is -0.394 e. The lowest BCUT2D eigenvalue weighted by Gasteiger charge is -2.29. The van der Waals surface area contributed by atoms with Gasteiger partial charge in [0.25, 0.3) is 0 Å². The normalized spacial score (nSPS) is 12.4. The van der Waals surface area contributed by atoms with E-state index in [1.807, 2.05) is 0 Å². The van der Waals surface area contributed by atoms with Gasteiger partial charge in [-0.05, 0) is 12.1 Å². The van der Waals surface area contributed by atoms with Crippen molar-refractivity contribution >= 4 is 15.7 Å². The van der Waals surface area contributed by atoms with E-state index < -0.39 is 35.2 Å². The summed E-state index contributed by atoms with van der Waals surface area (Å²) in [6.45, 7) is -1.71. The number of pyridine rings is 1. The lowest BCUT2D eigenvalue weighted by atomic mass is 10.0. The minimum absolute atomic E-state index is 0.0165. The highest BCUT2D eigenvalue weighted by Gasteiger charge is 2.30. The Labute approximate surface area is 105 Å².